The van der Waals surface area contributed by atoms with E-state index in [1.54, 1.807) is 48.7 Å². The summed E-state index contributed by atoms with van der Waals surface area (Å²) in [6.45, 7) is 9.48. The topological polar surface area (TPSA) is 157 Å². The molecule has 5 rings (SSSR count). The summed E-state index contributed by atoms with van der Waals surface area (Å²) in [5.41, 5.74) is 7.94. The number of nitrogens with zero attached hydrogens (tertiary/aromatic N) is 4. The van der Waals surface area contributed by atoms with E-state index in [1.807, 2.05) is 6.07 Å². The minimum Gasteiger partial charge on any atom is -0.480 e. The molecule has 222 valence electrons. The van der Waals surface area contributed by atoms with Crippen molar-refractivity contribution in [2.75, 3.05) is 42.4 Å². The zero-order valence-corrected chi connectivity index (χ0v) is 24.7. The predicted molar refractivity (Wildman–Crippen MR) is 161 cm³/mol. The van der Waals surface area contributed by atoms with E-state index in [1.165, 1.54) is 0 Å². The molecule has 42 heavy (non-hydrogen) atoms. The number of fused-ring (bicyclic) bond motifs is 1. The molecule has 0 spiro atoms. The van der Waals surface area contributed by atoms with Crippen molar-refractivity contribution in [1.82, 2.24) is 20.3 Å². The summed E-state index contributed by atoms with van der Waals surface area (Å²) >= 11 is 0. The van der Waals surface area contributed by atoms with Crippen LogP contribution in [-0.2, 0) is 9.53 Å². The average molecular weight is 575 g/mol. The monoisotopic (exact) mass is 574 g/mol. The van der Waals surface area contributed by atoms with Crippen LogP contribution < -0.4 is 31.3 Å². The zero-order valence-electron chi connectivity index (χ0n) is 24.7. The Morgan fingerprint density at radius 1 is 1.17 bits per heavy atom. The first-order valence-corrected chi connectivity index (χ1v) is 14.0. The molecule has 12 heteroatoms. The summed E-state index contributed by atoms with van der Waals surface area (Å²) in [5, 5.41) is 10.6. The van der Waals surface area contributed by atoms with Gasteiger partial charge >= 0.3 is 0 Å². The van der Waals surface area contributed by atoms with Gasteiger partial charge in [-0.1, -0.05) is 12.1 Å². The number of hydrogen-bond acceptors (Lipinski definition) is 10. The van der Waals surface area contributed by atoms with Crippen LogP contribution in [0.15, 0.2) is 42.7 Å². The van der Waals surface area contributed by atoms with Crippen LogP contribution in [0.2, 0.25) is 0 Å². The van der Waals surface area contributed by atoms with E-state index in [4.69, 9.17) is 20.2 Å². The maximum Gasteiger partial charge on any atom is 0.266 e. The van der Waals surface area contributed by atoms with Gasteiger partial charge in [-0.15, -0.1) is 0 Å². The van der Waals surface area contributed by atoms with Crippen molar-refractivity contribution >= 4 is 35.1 Å². The second-order valence-electron chi connectivity index (χ2n) is 12.0. The Labute approximate surface area is 245 Å². The normalized spacial score (nSPS) is 17.7. The Morgan fingerprint density at radius 2 is 1.93 bits per heavy atom. The van der Waals surface area contributed by atoms with Crippen molar-refractivity contribution in [3.05, 3.63) is 48.3 Å². The molecule has 0 atom stereocenters. The summed E-state index contributed by atoms with van der Waals surface area (Å²) in [6.07, 6.45) is 5.10. The highest BCUT2D eigenvalue weighted by Gasteiger charge is 2.38. The van der Waals surface area contributed by atoms with Crippen LogP contribution in [-0.4, -0.2) is 70.8 Å². The molecule has 2 aliphatic rings. The maximum atomic E-state index is 12.4. The van der Waals surface area contributed by atoms with Crippen LogP contribution in [0.4, 0.5) is 23.3 Å². The highest BCUT2D eigenvalue weighted by atomic mass is 16.5. The van der Waals surface area contributed by atoms with Crippen LogP contribution in [0, 0.1) is 0 Å². The summed E-state index contributed by atoms with van der Waals surface area (Å²) in [7, 11) is 1.59. The van der Waals surface area contributed by atoms with Gasteiger partial charge in [0, 0.05) is 47.6 Å². The first-order chi connectivity index (χ1) is 19.9. The second-order valence-corrected chi connectivity index (χ2v) is 12.0. The van der Waals surface area contributed by atoms with Gasteiger partial charge in [-0.2, -0.15) is 4.98 Å². The number of pyridine rings is 1. The fourth-order valence-electron chi connectivity index (χ4n) is 5.91. The first-order valence-electron chi connectivity index (χ1n) is 14.0. The Morgan fingerprint density at radius 3 is 2.64 bits per heavy atom. The molecule has 4 heterocycles. The van der Waals surface area contributed by atoms with Crippen LogP contribution in [0.3, 0.4) is 0 Å². The molecule has 0 saturated carbocycles. The van der Waals surface area contributed by atoms with E-state index >= 15 is 0 Å². The summed E-state index contributed by atoms with van der Waals surface area (Å²) in [5.74, 6) is 1.23. The quantitative estimate of drug-likeness (QED) is 0.298. The molecule has 0 unspecified atom stereocenters. The molecule has 1 saturated heterocycles. The smallest absolute Gasteiger partial charge is 0.266 e. The molecule has 0 bridgehead atoms. The number of hydrogen-bond donors (Lipinski definition) is 4. The van der Waals surface area contributed by atoms with Gasteiger partial charge in [0.15, 0.2) is 18.2 Å². The lowest BCUT2D eigenvalue weighted by Crippen LogP contribution is -2.60. The zero-order chi connectivity index (χ0) is 30.1. The van der Waals surface area contributed by atoms with Crippen LogP contribution in [0.25, 0.3) is 11.1 Å². The van der Waals surface area contributed by atoms with Gasteiger partial charge in [0.2, 0.25) is 11.9 Å². The number of primary amides is 1. The lowest BCUT2D eigenvalue weighted by molar-refractivity contribution is -0.121. The number of anilines is 4. The number of nitrogens with two attached hydrogens (primary N) is 1. The number of piperidine rings is 1. The fourth-order valence-corrected chi connectivity index (χ4v) is 5.91. The Hall–Kier alpha value is -4.29. The lowest BCUT2D eigenvalue weighted by Gasteiger charge is -2.46. The highest BCUT2D eigenvalue weighted by molar-refractivity contribution is 5.97. The van der Waals surface area contributed by atoms with Crippen LogP contribution in [0.5, 0.6) is 5.75 Å². The molecule has 2 amide bonds. The van der Waals surface area contributed by atoms with E-state index in [2.05, 4.69) is 53.6 Å². The molecule has 2 aromatic heterocycles. The van der Waals surface area contributed by atoms with Gasteiger partial charge in [-0.05, 0) is 58.2 Å². The third-order valence-corrected chi connectivity index (χ3v) is 7.29. The van der Waals surface area contributed by atoms with Crippen molar-refractivity contribution in [2.45, 2.75) is 57.7 Å². The van der Waals surface area contributed by atoms with E-state index < -0.39 is 5.91 Å². The third-order valence-electron chi connectivity index (χ3n) is 7.29. The molecular formula is C30H38N8O4. The minimum atomic E-state index is -0.503. The predicted octanol–water partition coefficient (Wildman–Crippen LogP) is 3.47. The number of rotatable bonds is 9. The van der Waals surface area contributed by atoms with Crippen molar-refractivity contribution < 1.29 is 19.1 Å². The number of methoxy groups -OCH3 is 1. The van der Waals surface area contributed by atoms with E-state index in [9.17, 15) is 9.59 Å². The molecular weight excluding hydrogens is 536 g/mol. The van der Waals surface area contributed by atoms with E-state index in [-0.39, 0.29) is 29.6 Å². The van der Waals surface area contributed by atoms with Crippen molar-refractivity contribution in [3.63, 3.8) is 0 Å². The second kappa shape index (κ2) is 11.5. The van der Waals surface area contributed by atoms with Gasteiger partial charge in [0.25, 0.3) is 5.91 Å². The lowest BCUT2D eigenvalue weighted by atomic mass is 9.79. The van der Waals surface area contributed by atoms with Gasteiger partial charge in [-0.3, -0.25) is 14.5 Å². The standard InChI is InChI=1S/C30H38N8O4/c1-29(2)13-21(14-30(3,4)37-29)34-26-22(18-7-6-8-19(11-18)25(31)40)16-33-28(36-26)35-20-12-23-27(32-15-20)38(9-10-41-5)24(39)17-42-23/h6-8,11-12,15-16,21,37H,9-10,13-14,17H2,1-5H3,(H2,31,40)(H2,33,34,35,36). The molecule has 12 nitrogen and oxygen atoms in total. The minimum absolute atomic E-state index is 0.0750. The molecule has 3 aromatic rings. The fraction of sp³-hybridized carbons (Fsp3) is 0.433. The van der Waals surface area contributed by atoms with Crippen molar-refractivity contribution in [1.29, 1.82) is 0 Å². The van der Waals surface area contributed by atoms with Gasteiger partial charge in [-0.25, -0.2) is 9.97 Å². The summed E-state index contributed by atoms with van der Waals surface area (Å²) in [4.78, 5) is 39.7. The Bertz CT molecular complexity index is 1480. The number of aromatic nitrogens is 3. The molecule has 1 aromatic carbocycles. The summed E-state index contributed by atoms with van der Waals surface area (Å²) in [6, 6.07) is 9.03. The highest BCUT2D eigenvalue weighted by Crippen LogP contribution is 2.35. The summed E-state index contributed by atoms with van der Waals surface area (Å²) < 4.78 is 10.8. The van der Waals surface area contributed by atoms with E-state index in [0.717, 1.165) is 24.0 Å². The van der Waals surface area contributed by atoms with E-state index in [0.29, 0.717) is 47.7 Å². The SMILES string of the molecule is COCCN1C(=O)COc2cc(Nc3ncc(-c4cccc(C(N)=O)c4)c(NC4CC(C)(C)NC(C)(C)C4)n3)cnc21. The number of carbonyl (C=O) groups excluding carboxylic acids is 2. The average Bonchev–Trinajstić information content (AvgIpc) is 2.91. The molecule has 5 N–H and O–H groups in total. The number of amides is 2. The molecule has 1 fully saturated rings. The molecule has 2 aliphatic heterocycles. The van der Waals surface area contributed by atoms with Gasteiger partial charge in [0.05, 0.1) is 25.0 Å². The van der Waals surface area contributed by atoms with Crippen molar-refractivity contribution in [2.24, 2.45) is 5.73 Å². The number of nitrogens with one attached hydrogen (secondary N) is 3. The maximum absolute atomic E-state index is 12.4. The number of ether oxygens (including phenoxy) is 2. The van der Waals surface area contributed by atoms with Crippen LogP contribution >= 0.6 is 0 Å². The Kier molecular flexibility index (Phi) is 8.02. The Balaban J connectivity index is 1.47. The number of carbonyl (C=O) groups is 2. The molecule has 0 radical (unpaired) electrons. The largest absolute Gasteiger partial charge is 0.480 e. The van der Waals surface area contributed by atoms with Crippen LogP contribution in [0.1, 0.15) is 50.9 Å². The van der Waals surface area contributed by atoms with Gasteiger partial charge < -0.3 is 31.2 Å². The third kappa shape index (κ3) is 6.60. The van der Waals surface area contributed by atoms with Crippen molar-refractivity contribution in [3.8, 4) is 16.9 Å². The number of benzene rings is 1. The first kappa shape index (κ1) is 29.2. The van der Waals surface area contributed by atoms with Gasteiger partial charge in [0.1, 0.15) is 5.82 Å². The molecule has 0 aliphatic carbocycles.